The molecule has 10 heteroatoms. The van der Waals surface area contributed by atoms with Gasteiger partial charge in [0.1, 0.15) is 17.8 Å². The molecular weight excluding hydrogens is 380 g/mol. The molecular formula is C18H24N6O3S. The number of aromatic nitrogens is 4. The van der Waals surface area contributed by atoms with Gasteiger partial charge < -0.3 is 5.32 Å². The molecule has 2 heterocycles. The summed E-state index contributed by atoms with van der Waals surface area (Å²) < 4.78 is 17.6. The normalized spacial score (nSPS) is 20.5. The van der Waals surface area contributed by atoms with Crippen LogP contribution in [0.2, 0.25) is 0 Å². The lowest BCUT2D eigenvalue weighted by Crippen LogP contribution is -2.20. The van der Waals surface area contributed by atoms with E-state index >= 15 is 0 Å². The Hall–Kier alpha value is -2.43. The van der Waals surface area contributed by atoms with Gasteiger partial charge in [0.2, 0.25) is 17.0 Å². The van der Waals surface area contributed by atoms with Crippen molar-refractivity contribution in [2.24, 2.45) is 11.1 Å². The lowest BCUT2D eigenvalue weighted by molar-refractivity contribution is 0.103. The Bertz CT molecular complexity index is 869. The number of anilines is 1. The molecule has 0 radical (unpaired) electrons. The minimum Gasteiger partial charge on any atom is -0.367 e. The molecule has 1 aliphatic rings. The first-order valence-corrected chi connectivity index (χ1v) is 10.3. The molecule has 3 unspecified atom stereocenters. The molecule has 3 atom stereocenters. The standard InChI is InChI=1S/C18H24N6O3S/c1-2-3-7-24-8-6-16(23-24)17(25)15-10-20-12-21-18(15)22-14-5-4-13(9-14)11-27-28(19)26/h2-3,6,8,10,12-14H,4-5,7,9,11,19H2,1H3,(H,20,21,22). The van der Waals surface area contributed by atoms with Crippen LogP contribution in [0.3, 0.4) is 0 Å². The molecule has 0 saturated heterocycles. The second-order valence-corrected chi connectivity index (χ2v) is 7.43. The highest BCUT2D eigenvalue weighted by Crippen LogP contribution is 2.29. The lowest BCUT2D eigenvalue weighted by Gasteiger charge is -2.15. The van der Waals surface area contributed by atoms with Gasteiger partial charge in [-0.15, -0.1) is 0 Å². The van der Waals surface area contributed by atoms with Crippen LogP contribution >= 0.6 is 0 Å². The molecule has 1 saturated carbocycles. The number of carbonyl (C=O) groups is 1. The summed E-state index contributed by atoms with van der Waals surface area (Å²) in [6.45, 7) is 2.91. The molecule has 1 aliphatic carbocycles. The Labute approximate surface area is 166 Å². The largest absolute Gasteiger partial charge is 0.367 e. The maximum atomic E-state index is 12.9. The molecule has 0 amide bonds. The lowest BCUT2D eigenvalue weighted by atomic mass is 10.1. The number of rotatable bonds is 9. The zero-order chi connectivity index (χ0) is 19.9. The van der Waals surface area contributed by atoms with Gasteiger partial charge in [-0.2, -0.15) is 5.10 Å². The van der Waals surface area contributed by atoms with Gasteiger partial charge in [-0.05, 0) is 38.2 Å². The van der Waals surface area contributed by atoms with Crippen LogP contribution in [0.5, 0.6) is 0 Å². The maximum absolute atomic E-state index is 12.9. The van der Waals surface area contributed by atoms with Crippen molar-refractivity contribution in [2.45, 2.75) is 38.8 Å². The summed E-state index contributed by atoms with van der Waals surface area (Å²) >= 11 is -1.74. The van der Waals surface area contributed by atoms with Crippen LogP contribution in [-0.4, -0.2) is 42.4 Å². The number of nitrogens with one attached hydrogen (secondary N) is 1. The molecule has 1 fully saturated rings. The highest BCUT2D eigenvalue weighted by atomic mass is 32.2. The van der Waals surface area contributed by atoms with Crippen molar-refractivity contribution in [1.29, 1.82) is 0 Å². The van der Waals surface area contributed by atoms with Gasteiger partial charge >= 0.3 is 0 Å². The van der Waals surface area contributed by atoms with E-state index in [0.29, 0.717) is 30.2 Å². The van der Waals surface area contributed by atoms with Crippen molar-refractivity contribution in [1.82, 2.24) is 19.7 Å². The van der Waals surface area contributed by atoms with Gasteiger partial charge in [-0.1, -0.05) is 12.2 Å². The summed E-state index contributed by atoms with van der Waals surface area (Å²) in [6, 6.07) is 1.84. The number of hydrogen-bond donors (Lipinski definition) is 2. The van der Waals surface area contributed by atoms with E-state index in [4.69, 9.17) is 9.32 Å². The second-order valence-electron chi connectivity index (χ2n) is 6.67. The van der Waals surface area contributed by atoms with E-state index in [2.05, 4.69) is 20.4 Å². The third kappa shape index (κ3) is 5.31. The van der Waals surface area contributed by atoms with Gasteiger partial charge in [0.05, 0.1) is 18.7 Å². The van der Waals surface area contributed by atoms with Crippen molar-refractivity contribution >= 4 is 22.9 Å². The molecule has 0 aromatic carbocycles. The van der Waals surface area contributed by atoms with E-state index in [-0.39, 0.29) is 17.7 Å². The van der Waals surface area contributed by atoms with Crippen LogP contribution in [-0.2, 0) is 22.0 Å². The molecule has 150 valence electrons. The third-order valence-corrected chi connectivity index (χ3v) is 5.03. The quantitative estimate of drug-likeness (QED) is 0.480. The maximum Gasteiger partial charge on any atom is 0.231 e. The van der Waals surface area contributed by atoms with E-state index in [9.17, 15) is 9.00 Å². The molecule has 9 nitrogen and oxygen atoms in total. The number of nitrogens with zero attached hydrogens (tertiary/aromatic N) is 4. The number of carbonyl (C=O) groups excluding carboxylic acids is 1. The fourth-order valence-electron chi connectivity index (χ4n) is 3.26. The highest BCUT2D eigenvalue weighted by molar-refractivity contribution is 7.77. The molecule has 0 aliphatic heterocycles. The van der Waals surface area contributed by atoms with Crippen molar-refractivity contribution < 1.29 is 13.2 Å². The molecule has 3 rings (SSSR count). The summed E-state index contributed by atoms with van der Waals surface area (Å²) in [4.78, 5) is 21.1. The van der Waals surface area contributed by atoms with Crippen molar-refractivity contribution in [3.63, 3.8) is 0 Å². The second kappa shape index (κ2) is 9.67. The van der Waals surface area contributed by atoms with Crippen LogP contribution in [0.1, 0.15) is 42.2 Å². The summed E-state index contributed by atoms with van der Waals surface area (Å²) in [7, 11) is 0. The molecule has 3 N–H and O–H groups in total. The Kier molecular flexibility index (Phi) is 7.01. The van der Waals surface area contributed by atoms with Crippen molar-refractivity contribution in [3.05, 3.63) is 48.2 Å². The summed E-state index contributed by atoms with van der Waals surface area (Å²) in [5.74, 6) is 0.545. The van der Waals surface area contributed by atoms with Gasteiger partial charge in [0, 0.05) is 18.4 Å². The van der Waals surface area contributed by atoms with Gasteiger partial charge in [0.15, 0.2) is 0 Å². The zero-order valence-corrected chi connectivity index (χ0v) is 16.5. The zero-order valence-electron chi connectivity index (χ0n) is 15.7. The number of hydrogen-bond acceptors (Lipinski definition) is 7. The fraction of sp³-hybridized carbons (Fsp3) is 0.444. The van der Waals surface area contributed by atoms with Crippen LogP contribution in [0, 0.1) is 5.92 Å². The average Bonchev–Trinajstić information content (AvgIpc) is 3.34. The van der Waals surface area contributed by atoms with Crippen molar-refractivity contribution in [3.8, 4) is 0 Å². The predicted octanol–water partition coefficient (Wildman–Crippen LogP) is 1.61. The fourth-order valence-corrected chi connectivity index (χ4v) is 3.59. The van der Waals surface area contributed by atoms with E-state index in [1.807, 2.05) is 19.1 Å². The van der Waals surface area contributed by atoms with E-state index in [1.54, 1.807) is 16.9 Å². The summed E-state index contributed by atoms with van der Waals surface area (Å²) in [6.07, 6.45) is 11.2. The van der Waals surface area contributed by atoms with Crippen LogP contribution in [0.4, 0.5) is 5.82 Å². The van der Waals surface area contributed by atoms with E-state index in [0.717, 1.165) is 19.3 Å². The summed E-state index contributed by atoms with van der Waals surface area (Å²) in [5, 5.41) is 12.8. The molecule has 0 spiro atoms. The van der Waals surface area contributed by atoms with Gasteiger partial charge in [-0.3, -0.25) is 13.7 Å². The molecule has 0 bridgehead atoms. The minimum atomic E-state index is -1.74. The SMILES string of the molecule is CC=CCn1ccc(C(=O)c2cncnc2NC2CCC(COS(N)=O)C2)n1. The number of ketones is 1. The first kappa shape index (κ1) is 20.3. The van der Waals surface area contributed by atoms with Crippen molar-refractivity contribution in [2.75, 3.05) is 11.9 Å². The van der Waals surface area contributed by atoms with Gasteiger partial charge in [-0.25, -0.2) is 19.3 Å². The highest BCUT2D eigenvalue weighted by Gasteiger charge is 2.27. The smallest absolute Gasteiger partial charge is 0.231 e. The topological polar surface area (TPSA) is 125 Å². The van der Waals surface area contributed by atoms with Crippen LogP contribution < -0.4 is 10.5 Å². The summed E-state index contributed by atoms with van der Waals surface area (Å²) in [5.41, 5.74) is 0.743. The first-order chi connectivity index (χ1) is 13.6. The Morgan fingerprint density at radius 3 is 3.14 bits per heavy atom. The van der Waals surface area contributed by atoms with Crippen LogP contribution in [0.25, 0.3) is 0 Å². The Morgan fingerprint density at radius 2 is 2.36 bits per heavy atom. The minimum absolute atomic E-state index is 0.147. The first-order valence-electron chi connectivity index (χ1n) is 9.12. The number of nitrogens with two attached hydrogens (primary N) is 1. The van der Waals surface area contributed by atoms with Gasteiger partial charge in [0.25, 0.3) is 0 Å². The van der Waals surface area contributed by atoms with E-state index < -0.39 is 11.3 Å². The average molecular weight is 404 g/mol. The third-order valence-electron chi connectivity index (χ3n) is 4.66. The Morgan fingerprint density at radius 1 is 1.50 bits per heavy atom. The molecule has 2 aromatic rings. The molecule has 28 heavy (non-hydrogen) atoms. The Balaban J connectivity index is 1.67. The number of allylic oxidation sites excluding steroid dienone is 2. The van der Waals surface area contributed by atoms with E-state index in [1.165, 1.54) is 12.5 Å². The van der Waals surface area contributed by atoms with Crippen LogP contribution in [0.15, 0.2) is 36.9 Å². The predicted molar refractivity (Wildman–Crippen MR) is 106 cm³/mol. The molecule has 2 aromatic heterocycles. The monoisotopic (exact) mass is 404 g/mol.